The van der Waals surface area contributed by atoms with Crippen molar-refractivity contribution in [3.05, 3.63) is 60.6 Å². The van der Waals surface area contributed by atoms with Crippen molar-refractivity contribution in [2.75, 3.05) is 25.1 Å². The molecule has 0 fully saturated rings. The summed E-state index contributed by atoms with van der Waals surface area (Å²) in [5.41, 5.74) is 5.98. The van der Waals surface area contributed by atoms with E-state index in [1.54, 1.807) is 17.9 Å². The second kappa shape index (κ2) is 8.41. The minimum Gasteiger partial charge on any atom is -0.507 e. The molecule has 1 aliphatic heterocycles. The summed E-state index contributed by atoms with van der Waals surface area (Å²) in [4.78, 5) is 9.33. The Morgan fingerprint density at radius 2 is 1.88 bits per heavy atom. The lowest BCUT2D eigenvalue weighted by molar-refractivity contribution is 0.221. The number of benzene rings is 2. The molecule has 170 valence electrons. The van der Waals surface area contributed by atoms with Crippen LogP contribution in [0.25, 0.3) is 22.0 Å². The molecular weight excluding hydrogens is 414 g/mol. The molecule has 2 aromatic carbocycles. The maximum atomic E-state index is 10.8. The number of rotatable bonds is 4. The number of fused-ring (bicyclic) bond motifs is 2. The fraction of sp³-hybridized carbons (Fsp3) is 0.308. The fourth-order valence-electron chi connectivity index (χ4n) is 4.49. The van der Waals surface area contributed by atoms with Crippen LogP contribution in [0.15, 0.2) is 55.0 Å². The van der Waals surface area contributed by atoms with Crippen LogP contribution in [0, 0.1) is 0 Å². The number of aromatic nitrogens is 3. The molecule has 0 spiro atoms. The zero-order valence-electron chi connectivity index (χ0n) is 19.5. The Hall–Kier alpha value is -3.58. The van der Waals surface area contributed by atoms with Gasteiger partial charge in [0.25, 0.3) is 0 Å². The van der Waals surface area contributed by atoms with E-state index in [4.69, 9.17) is 4.74 Å². The lowest BCUT2D eigenvalue weighted by Crippen LogP contribution is -2.34. The highest BCUT2D eigenvalue weighted by Gasteiger charge is 2.26. The van der Waals surface area contributed by atoms with Gasteiger partial charge in [0.15, 0.2) is 0 Å². The van der Waals surface area contributed by atoms with Gasteiger partial charge in [-0.25, -0.2) is 0 Å². The number of phenols is 1. The minimum atomic E-state index is 0.267. The standard InChI is InChI=1S/C26H29N5O2/c1-17(2)30-7-8-31(25-11-22(33-4)12-26(32)23(25)16-30)21-5-6-24-18(10-21)9-19(13-27-24)20-14-28-29(3)15-20/h5-6,9-15,17,32H,7-8,16H2,1-4H3. The van der Waals surface area contributed by atoms with Gasteiger partial charge in [0.05, 0.1) is 24.5 Å². The summed E-state index contributed by atoms with van der Waals surface area (Å²) in [6.07, 6.45) is 5.74. The molecule has 0 bridgehead atoms. The number of methoxy groups -OCH3 is 1. The molecule has 5 rings (SSSR count). The van der Waals surface area contributed by atoms with Gasteiger partial charge in [-0.2, -0.15) is 5.10 Å². The van der Waals surface area contributed by atoms with E-state index in [9.17, 15) is 5.11 Å². The second-order valence-corrected chi connectivity index (χ2v) is 8.86. The van der Waals surface area contributed by atoms with Gasteiger partial charge < -0.3 is 14.7 Å². The smallest absolute Gasteiger partial charge is 0.125 e. The Balaban J connectivity index is 1.61. The summed E-state index contributed by atoms with van der Waals surface area (Å²) in [5.74, 6) is 0.916. The Kier molecular flexibility index (Phi) is 5.42. The molecule has 1 aliphatic rings. The summed E-state index contributed by atoms with van der Waals surface area (Å²) < 4.78 is 7.28. The van der Waals surface area contributed by atoms with Gasteiger partial charge in [-0.15, -0.1) is 0 Å². The fourth-order valence-corrected chi connectivity index (χ4v) is 4.49. The van der Waals surface area contributed by atoms with Crippen molar-refractivity contribution in [1.29, 1.82) is 0 Å². The van der Waals surface area contributed by atoms with Gasteiger partial charge in [-0.05, 0) is 38.1 Å². The summed E-state index contributed by atoms with van der Waals surface area (Å²) in [5, 5.41) is 16.2. The Morgan fingerprint density at radius 1 is 1.03 bits per heavy atom. The highest BCUT2D eigenvalue weighted by molar-refractivity contribution is 5.88. The van der Waals surface area contributed by atoms with Gasteiger partial charge in [0, 0.05) is 85.0 Å². The molecule has 33 heavy (non-hydrogen) atoms. The van der Waals surface area contributed by atoms with Crippen molar-refractivity contribution in [3.63, 3.8) is 0 Å². The second-order valence-electron chi connectivity index (χ2n) is 8.86. The van der Waals surface area contributed by atoms with Gasteiger partial charge in [0.2, 0.25) is 0 Å². The average molecular weight is 444 g/mol. The van der Waals surface area contributed by atoms with Crippen LogP contribution >= 0.6 is 0 Å². The molecule has 7 heteroatoms. The monoisotopic (exact) mass is 443 g/mol. The first-order valence-electron chi connectivity index (χ1n) is 11.2. The van der Waals surface area contributed by atoms with E-state index >= 15 is 0 Å². The Labute approximate surface area is 193 Å². The van der Waals surface area contributed by atoms with E-state index in [2.05, 4.69) is 58.0 Å². The Morgan fingerprint density at radius 3 is 2.61 bits per heavy atom. The first-order valence-corrected chi connectivity index (χ1v) is 11.2. The van der Waals surface area contributed by atoms with Crippen molar-refractivity contribution < 1.29 is 9.84 Å². The largest absolute Gasteiger partial charge is 0.507 e. The molecule has 0 amide bonds. The predicted octanol–water partition coefficient (Wildman–Crippen LogP) is 4.71. The SMILES string of the molecule is COc1cc(O)c2c(c1)N(c1ccc3ncc(-c4cnn(C)c4)cc3c1)CCN(C(C)C)C2. The number of aryl methyl sites for hydroxylation is 1. The zero-order valence-corrected chi connectivity index (χ0v) is 19.5. The number of phenolic OH excluding ortho intramolecular Hbond substituents is 1. The number of nitrogens with zero attached hydrogens (tertiary/aromatic N) is 5. The number of anilines is 2. The molecule has 0 radical (unpaired) electrons. The van der Waals surface area contributed by atoms with E-state index in [0.29, 0.717) is 18.3 Å². The number of hydrogen-bond acceptors (Lipinski definition) is 6. The molecule has 1 N–H and O–H groups in total. The third-order valence-electron chi connectivity index (χ3n) is 6.42. The van der Waals surface area contributed by atoms with E-state index in [-0.39, 0.29) is 5.75 Å². The highest BCUT2D eigenvalue weighted by Crippen LogP contribution is 2.40. The third kappa shape index (κ3) is 4.00. The van der Waals surface area contributed by atoms with Crippen molar-refractivity contribution in [1.82, 2.24) is 19.7 Å². The van der Waals surface area contributed by atoms with E-state index in [1.165, 1.54) is 0 Å². The summed E-state index contributed by atoms with van der Waals surface area (Å²) >= 11 is 0. The topological polar surface area (TPSA) is 66.7 Å². The predicted molar refractivity (Wildman–Crippen MR) is 131 cm³/mol. The highest BCUT2D eigenvalue weighted by atomic mass is 16.5. The molecule has 0 atom stereocenters. The van der Waals surface area contributed by atoms with Crippen LogP contribution in [0.1, 0.15) is 19.4 Å². The van der Waals surface area contributed by atoms with E-state index in [1.807, 2.05) is 31.7 Å². The van der Waals surface area contributed by atoms with Crippen LogP contribution in [-0.2, 0) is 13.6 Å². The number of ether oxygens (including phenoxy) is 1. The van der Waals surface area contributed by atoms with Crippen LogP contribution in [0.4, 0.5) is 11.4 Å². The summed E-state index contributed by atoms with van der Waals surface area (Å²) in [6, 6.07) is 12.6. The lowest BCUT2D eigenvalue weighted by Gasteiger charge is -2.26. The summed E-state index contributed by atoms with van der Waals surface area (Å²) in [6.45, 7) is 6.77. The number of hydrogen-bond donors (Lipinski definition) is 1. The third-order valence-corrected chi connectivity index (χ3v) is 6.42. The van der Waals surface area contributed by atoms with Crippen molar-refractivity contribution in [2.45, 2.75) is 26.4 Å². The van der Waals surface area contributed by atoms with Crippen molar-refractivity contribution in [2.24, 2.45) is 7.05 Å². The molecular formula is C26H29N5O2. The molecule has 2 aromatic heterocycles. The van der Waals surface area contributed by atoms with Crippen LogP contribution in [0.5, 0.6) is 11.5 Å². The Bertz CT molecular complexity index is 1310. The normalized spacial score (nSPS) is 14.5. The van der Waals surface area contributed by atoms with Gasteiger partial charge in [-0.1, -0.05) is 0 Å². The van der Waals surface area contributed by atoms with Crippen LogP contribution in [-0.4, -0.2) is 51.0 Å². The van der Waals surface area contributed by atoms with Gasteiger partial charge in [-0.3, -0.25) is 14.6 Å². The van der Waals surface area contributed by atoms with Gasteiger partial charge >= 0.3 is 0 Å². The number of aromatic hydroxyl groups is 1. The van der Waals surface area contributed by atoms with Crippen LogP contribution in [0.2, 0.25) is 0 Å². The van der Waals surface area contributed by atoms with Crippen molar-refractivity contribution in [3.8, 4) is 22.6 Å². The van der Waals surface area contributed by atoms with Crippen LogP contribution in [0.3, 0.4) is 0 Å². The first kappa shape index (κ1) is 21.3. The van der Waals surface area contributed by atoms with Crippen LogP contribution < -0.4 is 9.64 Å². The van der Waals surface area contributed by atoms with Crippen molar-refractivity contribution >= 4 is 22.3 Å². The minimum absolute atomic E-state index is 0.267. The molecule has 0 saturated heterocycles. The molecule has 0 unspecified atom stereocenters. The average Bonchev–Trinajstić information content (AvgIpc) is 3.14. The maximum Gasteiger partial charge on any atom is 0.125 e. The molecule has 0 saturated carbocycles. The number of pyridine rings is 1. The first-order chi connectivity index (χ1) is 15.9. The van der Waals surface area contributed by atoms with E-state index < -0.39 is 0 Å². The lowest BCUT2D eigenvalue weighted by atomic mass is 10.1. The quantitative estimate of drug-likeness (QED) is 0.493. The maximum absolute atomic E-state index is 10.8. The zero-order chi connectivity index (χ0) is 23.1. The molecule has 0 aliphatic carbocycles. The van der Waals surface area contributed by atoms with Gasteiger partial charge in [0.1, 0.15) is 11.5 Å². The summed E-state index contributed by atoms with van der Waals surface area (Å²) in [7, 11) is 3.54. The molecule has 7 nitrogen and oxygen atoms in total. The molecule has 3 heterocycles. The van der Waals surface area contributed by atoms with E-state index in [0.717, 1.165) is 52.1 Å². The molecule has 4 aromatic rings.